The van der Waals surface area contributed by atoms with Gasteiger partial charge in [-0.05, 0) is 13.8 Å². The summed E-state index contributed by atoms with van der Waals surface area (Å²) < 4.78 is 10.6. The van der Waals surface area contributed by atoms with Crippen molar-refractivity contribution in [3.8, 4) is 0 Å². The fourth-order valence-corrected chi connectivity index (χ4v) is 1.42. The van der Waals surface area contributed by atoms with E-state index in [0.717, 1.165) is 0 Å². The minimum Gasteiger partial charge on any atom is -0.373 e. The van der Waals surface area contributed by atoms with E-state index in [9.17, 15) is 4.79 Å². The number of morpholine rings is 1. The Balaban J connectivity index is 0.00000225. The van der Waals surface area contributed by atoms with Gasteiger partial charge in [0.2, 0.25) is 5.91 Å². The molecule has 1 aliphatic rings. The fourth-order valence-electron chi connectivity index (χ4n) is 1.42. The molecule has 1 fully saturated rings. The van der Waals surface area contributed by atoms with Gasteiger partial charge in [-0.1, -0.05) is 0 Å². The Kier molecular flexibility index (Phi) is 7.66. The summed E-state index contributed by atoms with van der Waals surface area (Å²) in [6, 6.07) is 0. The predicted molar refractivity (Wildman–Crippen MR) is 63.7 cm³/mol. The van der Waals surface area contributed by atoms with Gasteiger partial charge in [0.1, 0.15) is 6.61 Å². The van der Waals surface area contributed by atoms with Crippen LogP contribution in [0.3, 0.4) is 0 Å². The summed E-state index contributed by atoms with van der Waals surface area (Å²) in [5, 5.41) is 0. The number of amides is 1. The van der Waals surface area contributed by atoms with Crippen molar-refractivity contribution in [3.63, 3.8) is 0 Å². The zero-order valence-corrected chi connectivity index (χ0v) is 10.7. The molecule has 0 spiro atoms. The highest BCUT2D eigenvalue weighted by molar-refractivity contribution is 5.85. The lowest BCUT2D eigenvalue weighted by Crippen LogP contribution is -2.49. The van der Waals surface area contributed by atoms with Crippen LogP contribution in [0.15, 0.2) is 0 Å². The van der Waals surface area contributed by atoms with Crippen molar-refractivity contribution in [2.75, 3.05) is 32.8 Å². The number of hydrogen-bond donors (Lipinski definition) is 1. The average molecular weight is 253 g/mol. The van der Waals surface area contributed by atoms with E-state index >= 15 is 0 Å². The second kappa shape index (κ2) is 7.84. The van der Waals surface area contributed by atoms with Gasteiger partial charge in [0.05, 0.1) is 18.8 Å². The lowest BCUT2D eigenvalue weighted by Gasteiger charge is -2.32. The summed E-state index contributed by atoms with van der Waals surface area (Å²) in [5.74, 6) is 0.0189. The number of halogens is 1. The molecule has 1 heterocycles. The zero-order valence-electron chi connectivity index (χ0n) is 9.85. The predicted octanol–water partition coefficient (Wildman–Crippen LogP) is 0.0193. The molecule has 2 N–H and O–H groups in total. The van der Waals surface area contributed by atoms with Crippen molar-refractivity contribution in [2.24, 2.45) is 5.73 Å². The molecule has 1 unspecified atom stereocenters. The van der Waals surface area contributed by atoms with Crippen molar-refractivity contribution in [3.05, 3.63) is 0 Å². The molecule has 96 valence electrons. The average Bonchev–Trinajstić information content (AvgIpc) is 2.26. The molecule has 0 aromatic carbocycles. The first-order valence-electron chi connectivity index (χ1n) is 5.34. The van der Waals surface area contributed by atoms with Crippen LogP contribution in [0.5, 0.6) is 0 Å². The van der Waals surface area contributed by atoms with Crippen LogP contribution in [-0.2, 0) is 14.3 Å². The van der Waals surface area contributed by atoms with Crippen LogP contribution in [0.1, 0.15) is 13.8 Å². The number of nitrogens with zero attached hydrogens (tertiary/aromatic N) is 1. The Labute approximate surface area is 103 Å². The van der Waals surface area contributed by atoms with Gasteiger partial charge in [0.15, 0.2) is 0 Å². The molecule has 0 saturated carbocycles. The van der Waals surface area contributed by atoms with Gasteiger partial charge in [0, 0.05) is 19.6 Å². The van der Waals surface area contributed by atoms with Gasteiger partial charge in [0.25, 0.3) is 0 Å². The minimum absolute atomic E-state index is 0. The van der Waals surface area contributed by atoms with Gasteiger partial charge in [-0.15, -0.1) is 12.4 Å². The SMILES string of the molecule is CC(C)OCC(=O)N1CCOC(CN)C1.Cl. The Morgan fingerprint density at radius 1 is 1.62 bits per heavy atom. The molecule has 0 aromatic rings. The van der Waals surface area contributed by atoms with Crippen molar-refractivity contribution < 1.29 is 14.3 Å². The standard InChI is InChI=1S/C10H20N2O3.ClH/c1-8(2)15-7-10(13)12-3-4-14-9(5-11)6-12;/h8-9H,3-7,11H2,1-2H3;1H. The first-order chi connectivity index (χ1) is 7.13. The van der Waals surface area contributed by atoms with Crippen LogP contribution in [0, 0.1) is 0 Å². The third-order valence-electron chi connectivity index (χ3n) is 2.29. The second-order valence-corrected chi connectivity index (χ2v) is 3.93. The zero-order chi connectivity index (χ0) is 11.3. The highest BCUT2D eigenvalue weighted by Crippen LogP contribution is 2.04. The van der Waals surface area contributed by atoms with Gasteiger partial charge in [-0.25, -0.2) is 0 Å². The van der Waals surface area contributed by atoms with Crippen LogP contribution in [-0.4, -0.2) is 55.9 Å². The van der Waals surface area contributed by atoms with Crippen LogP contribution in [0.25, 0.3) is 0 Å². The maximum absolute atomic E-state index is 11.7. The molecule has 1 aliphatic heterocycles. The summed E-state index contributed by atoms with van der Waals surface area (Å²) in [5.41, 5.74) is 5.49. The molecule has 16 heavy (non-hydrogen) atoms. The van der Waals surface area contributed by atoms with Crippen LogP contribution in [0.4, 0.5) is 0 Å². The fraction of sp³-hybridized carbons (Fsp3) is 0.900. The Morgan fingerprint density at radius 2 is 2.31 bits per heavy atom. The summed E-state index contributed by atoms with van der Waals surface area (Å²) >= 11 is 0. The van der Waals surface area contributed by atoms with Crippen molar-refractivity contribution in [1.82, 2.24) is 4.90 Å². The van der Waals surface area contributed by atoms with Crippen molar-refractivity contribution in [2.45, 2.75) is 26.1 Å². The molecule has 0 radical (unpaired) electrons. The third-order valence-corrected chi connectivity index (χ3v) is 2.29. The lowest BCUT2D eigenvalue weighted by molar-refractivity contribution is -0.144. The minimum atomic E-state index is -0.0262. The van der Waals surface area contributed by atoms with Crippen LogP contribution < -0.4 is 5.73 Å². The topological polar surface area (TPSA) is 64.8 Å². The summed E-state index contributed by atoms with van der Waals surface area (Å²) in [6.45, 7) is 6.21. The van der Waals surface area contributed by atoms with Gasteiger partial charge in [-0.3, -0.25) is 4.79 Å². The Hall–Kier alpha value is -0.360. The molecule has 0 bridgehead atoms. The highest BCUT2D eigenvalue weighted by Gasteiger charge is 2.23. The van der Waals surface area contributed by atoms with Crippen molar-refractivity contribution >= 4 is 18.3 Å². The number of rotatable bonds is 4. The first-order valence-corrected chi connectivity index (χ1v) is 5.34. The van der Waals surface area contributed by atoms with E-state index in [1.807, 2.05) is 13.8 Å². The largest absolute Gasteiger partial charge is 0.373 e. The van der Waals surface area contributed by atoms with E-state index in [1.165, 1.54) is 0 Å². The maximum atomic E-state index is 11.7. The number of nitrogens with two attached hydrogens (primary N) is 1. The van der Waals surface area contributed by atoms with E-state index in [-0.39, 0.29) is 37.1 Å². The van der Waals surface area contributed by atoms with Gasteiger partial charge >= 0.3 is 0 Å². The number of hydrogen-bond acceptors (Lipinski definition) is 4. The molecular weight excluding hydrogens is 232 g/mol. The quantitative estimate of drug-likeness (QED) is 0.766. The molecule has 0 aliphatic carbocycles. The summed E-state index contributed by atoms with van der Waals surface area (Å²) in [4.78, 5) is 13.4. The molecule has 5 nitrogen and oxygen atoms in total. The molecule has 1 atom stereocenters. The molecule has 1 saturated heterocycles. The van der Waals surface area contributed by atoms with Crippen LogP contribution >= 0.6 is 12.4 Å². The van der Waals surface area contributed by atoms with Crippen molar-refractivity contribution in [1.29, 1.82) is 0 Å². The van der Waals surface area contributed by atoms with Gasteiger partial charge in [-0.2, -0.15) is 0 Å². The summed E-state index contributed by atoms with van der Waals surface area (Å²) in [7, 11) is 0. The number of carbonyl (C=O) groups excluding carboxylic acids is 1. The Bertz CT molecular complexity index is 214. The van der Waals surface area contributed by atoms with E-state index in [0.29, 0.717) is 26.2 Å². The molecule has 1 amide bonds. The molecular formula is C10H21ClN2O3. The van der Waals surface area contributed by atoms with Gasteiger partial charge < -0.3 is 20.1 Å². The molecule has 6 heteroatoms. The second-order valence-electron chi connectivity index (χ2n) is 3.93. The Morgan fingerprint density at radius 3 is 2.88 bits per heavy atom. The monoisotopic (exact) mass is 252 g/mol. The third kappa shape index (κ3) is 5.12. The van der Waals surface area contributed by atoms with E-state index in [2.05, 4.69) is 0 Å². The summed E-state index contributed by atoms with van der Waals surface area (Å²) in [6.07, 6.45) is 0.0574. The number of ether oxygens (including phenoxy) is 2. The molecule has 0 aromatic heterocycles. The first kappa shape index (κ1) is 15.6. The van der Waals surface area contributed by atoms with E-state index in [1.54, 1.807) is 4.90 Å². The normalized spacial score (nSPS) is 20.8. The lowest BCUT2D eigenvalue weighted by atomic mass is 10.2. The number of carbonyl (C=O) groups is 1. The molecule has 1 rings (SSSR count). The van der Waals surface area contributed by atoms with E-state index < -0.39 is 0 Å². The van der Waals surface area contributed by atoms with E-state index in [4.69, 9.17) is 15.2 Å². The smallest absolute Gasteiger partial charge is 0.248 e. The highest BCUT2D eigenvalue weighted by atomic mass is 35.5. The van der Waals surface area contributed by atoms with Crippen LogP contribution in [0.2, 0.25) is 0 Å². The maximum Gasteiger partial charge on any atom is 0.248 e.